The van der Waals surface area contributed by atoms with Gasteiger partial charge in [-0.05, 0) is 46.8 Å². The third-order valence-electron chi connectivity index (χ3n) is 3.85. The van der Waals surface area contributed by atoms with E-state index in [1.54, 1.807) is 4.52 Å². The van der Waals surface area contributed by atoms with Crippen molar-refractivity contribution in [3.05, 3.63) is 48.5 Å². The summed E-state index contributed by atoms with van der Waals surface area (Å²) in [4.78, 5) is 17.5. The highest BCUT2D eigenvalue weighted by Crippen LogP contribution is 2.31. The summed E-state index contributed by atoms with van der Waals surface area (Å²) in [6.45, 7) is 3.73. The van der Waals surface area contributed by atoms with Crippen molar-refractivity contribution >= 4 is 40.0 Å². The summed E-state index contributed by atoms with van der Waals surface area (Å²) < 4.78 is 1.70. The molecule has 0 radical (unpaired) electrons. The minimum Gasteiger partial charge on any atom is -0.326 e. The van der Waals surface area contributed by atoms with Gasteiger partial charge < -0.3 is 5.32 Å². The van der Waals surface area contributed by atoms with Gasteiger partial charge in [0.25, 0.3) is 0 Å². The molecule has 130 valence electrons. The van der Waals surface area contributed by atoms with Crippen LogP contribution in [0.25, 0.3) is 16.7 Å². The highest BCUT2D eigenvalue weighted by atomic mass is 32.2. The summed E-state index contributed by atoms with van der Waals surface area (Å²) >= 11 is 1.48. The monoisotopic (exact) mass is 364 g/mol. The molecule has 0 unspecified atom stereocenters. The van der Waals surface area contributed by atoms with Crippen LogP contribution in [0.5, 0.6) is 0 Å². The van der Waals surface area contributed by atoms with Crippen LogP contribution >= 0.6 is 11.8 Å². The van der Waals surface area contributed by atoms with Gasteiger partial charge in [-0.15, -0.1) is 5.10 Å². The number of hydrogen-bond acceptors (Lipinski definition) is 6. The third-order valence-corrected chi connectivity index (χ3v) is 4.83. The lowest BCUT2D eigenvalue weighted by atomic mass is 10.2. The number of anilines is 1. The number of rotatable bonds is 4. The Morgan fingerprint density at radius 1 is 1.12 bits per heavy atom. The molecule has 0 atom stereocenters. The van der Waals surface area contributed by atoms with Gasteiger partial charge in [0.1, 0.15) is 5.03 Å². The van der Waals surface area contributed by atoms with Crippen LogP contribution in [-0.4, -0.2) is 30.9 Å². The lowest BCUT2D eigenvalue weighted by Crippen LogP contribution is -2.17. The quantitative estimate of drug-likeness (QED) is 0.597. The first-order valence-corrected chi connectivity index (χ1v) is 8.99. The number of amides is 1. The Hall–Kier alpha value is -3.00. The number of fused-ring (bicyclic) bond motifs is 3. The number of benzene rings is 2. The Labute approximate surface area is 153 Å². The van der Waals surface area contributed by atoms with Gasteiger partial charge in [-0.3, -0.25) is 4.79 Å². The first-order chi connectivity index (χ1) is 12.6. The number of hydrogen-bond donors (Lipinski definition) is 1. The summed E-state index contributed by atoms with van der Waals surface area (Å²) in [6, 6.07) is 15.4. The molecule has 2 aromatic heterocycles. The maximum absolute atomic E-state index is 11.8. The number of aromatic nitrogens is 5. The minimum absolute atomic E-state index is 0.00200. The molecule has 1 N–H and O–H groups in total. The number of carbonyl (C=O) groups excluding carboxylic acids is 1. The van der Waals surface area contributed by atoms with Crippen molar-refractivity contribution in [2.75, 3.05) is 5.32 Å². The van der Waals surface area contributed by atoms with E-state index >= 15 is 0 Å². The normalized spacial score (nSPS) is 11.3. The summed E-state index contributed by atoms with van der Waals surface area (Å²) in [6.07, 6.45) is 0. The summed E-state index contributed by atoms with van der Waals surface area (Å²) in [7, 11) is 0. The molecule has 2 aromatic carbocycles. The molecule has 7 nitrogen and oxygen atoms in total. The van der Waals surface area contributed by atoms with Crippen molar-refractivity contribution in [2.45, 2.75) is 23.8 Å². The second-order valence-electron chi connectivity index (χ2n) is 6.09. The fraction of sp³-hybridized carbons (Fsp3) is 0.167. The largest absolute Gasteiger partial charge is 0.326 e. The summed E-state index contributed by atoms with van der Waals surface area (Å²) in [5.41, 5.74) is 3.08. The summed E-state index contributed by atoms with van der Waals surface area (Å²) in [5, 5.41) is 15.6. The van der Waals surface area contributed by atoms with Crippen molar-refractivity contribution in [2.24, 2.45) is 5.92 Å². The van der Waals surface area contributed by atoms with Crippen LogP contribution in [0.15, 0.2) is 58.5 Å². The van der Waals surface area contributed by atoms with Crippen LogP contribution in [0.4, 0.5) is 5.69 Å². The zero-order chi connectivity index (χ0) is 18.1. The number of nitrogens with one attached hydrogen (secondary N) is 1. The van der Waals surface area contributed by atoms with E-state index < -0.39 is 0 Å². The molecule has 4 aromatic rings. The van der Waals surface area contributed by atoms with E-state index in [9.17, 15) is 4.79 Å². The van der Waals surface area contributed by atoms with Crippen LogP contribution in [0.3, 0.4) is 0 Å². The second kappa shape index (κ2) is 6.72. The van der Waals surface area contributed by atoms with E-state index in [0.29, 0.717) is 5.65 Å². The van der Waals surface area contributed by atoms with Gasteiger partial charge in [0, 0.05) is 16.5 Å². The van der Waals surface area contributed by atoms with Crippen LogP contribution in [0, 0.1) is 5.92 Å². The fourth-order valence-electron chi connectivity index (χ4n) is 2.45. The number of tetrazole rings is 1. The molecule has 4 rings (SSSR count). The summed E-state index contributed by atoms with van der Waals surface area (Å²) in [5.74, 6) is -0.0579. The van der Waals surface area contributed by atoms with Crippen LogP contribution in [0.2, 0.25) is 0 Å². The van der Waals surface area contributed by atoms with Crippen molar-refractivity contribution in [1.82, 2.24) is 25.0 Å². The average molecular weight is 364 g/mol. The molecule has 0 aliphatic carbocycles. The van der Waals surface area contributed by atoms with E-state index in [1.165, 1.54) is 11.8 Å². The molecule has 0 aliphatic heterocycles. The lowest BCUT2D eigenvalue weighted by Gasteiger charge is -2.09. The highest BCUT2D eigenvalue weighted by Gasteiger charge is 2.13. The standard InChI is InChI=1S/C18H16N6OS/c1-11(2)17(25)19-12-7-9-13(10-8-12)26-18-16-21-22-23-24(16)15-6-4-3-5-14(15)20-18/h3-11H,1-2H3,(H,19,25). The maximum atomic E-state index is 11.8. The van der Waals surface area contributed by atoms with Crippen molar-refractivity contribution < 1.29 is 4.79 Å². The topological polar surface area (TPSA) is 85.1 Å². The highest BCUT2D eigenvalue weighted by molar-refractivity contribution is 7.99. The molecular formula is C18H16N6OS. The SMILES string of the molecule is CC(C)C(=O)Nc1ccc(Sc2nc3ccccc3n3nnnc23)cc1. The van der Waals surface area contributed by atoms with Gasteiger partial charge in [-0.25, -0.2) is 4.98 Å². The number of para-hydroxylation sites is 2. The van der Waals surface area contributed by atoms with Gasteiger partial charge in [-0.2, -0.15) is 4.52 Å². The molecule has 0 bridgehead atoms. The van der Waals surface area contributed by atoms with Crippen LogP contribution < -0.4 is 5.32 Å². The lowest BCUT2D eigenvalue weighted by molar-refractivity contribution is -0.118. The molecule has 0 saturated heterocycles. The predicted octanol–water partition coefficient (Wildman–Crippen LogP) is 3.42. The Morgan fingerprint density at radius 2 is 1.88 bits per heavy atom. The zero-order valence-corrected chi connectivity index (χ0v) is 15.1. The molecule has 26 heavy (non-hydrogen) atoms. The molecule has 0 fully saturated rings. The molecule has 2 heterocycles. The molecule has 8 heteroatoms. The Bertz CT molecular complexity index is 1090. The zero-order valence-electron chi connectivity index (χ0n) is 14.2. The molecule has 0 spiro atoms. The predicted molar refractivity (Wildman–Crippen MR) is 100 cm³/mol. The van der Waals surface area contributed by atoms with Crippen molar-refractivity contribution in [3.63, 3.8) is 0 Å². The van der Waals surface area contributed by atoms with E-state index in [1.807, 2.05) is 62.4 Å². The Morgan fingerprint density at radius 3 is 2.65 bits per heavy atom. The van der Waals surface area contributed by atoms with Gasteiger partial charge in [0.2, 0.25) is 11.6 Å². The van der Waals surface area contributed by atoms with Crippen LogP contribution in [-0.2, 0) is 4.79 Å². The van der Waals surface area contributed by atoms with Gasteiger partial charge >= 0.3 is 0 Å². The second-order valence-corrected chi connectivity index (χ2v) is 7.15. The molecule has 0 aliphatic rings. The first kappa shape index (κ1) is 16.5. The van der Waals surface area contributed by atoms with Gasteiger partial charge in [-0.1, -0.05) is 37.7 Å². The van der Waals surface area contributed by atoms with E-state index in [-0.39, 0.29) is 11.8 Å². The van der Waals surface area contributed by atoms with E-state index in [2.05, 4.69) is 20.8 Å². The molecule has 0 saturated carbocycles. The fourth-order valence-corrected chi connectivity index (χ4v) is 3.31. The molecule has 1 amide bonds. The van der Waals surface area contributed by atoms with Crippen molar-refractivity contribution in [3.8, 4) is 0 Å². The minimum atomic E-state index is -0.0559. The smallest absolute Gasteiger partial charge is 0.226 e. The molecular weight excluding hydrogens is 348 g/mol. The Balaban J connectivity index is 1.64. The maximum Gasteiger partial charge on any atom is 0.226 e. The van der Waals surface area contributed by atoms with Gasteiger partial charge in [0.05, 0.1) is 11.0 Å². The first-order valence-electron chi connectivity index (χ1n) is 8.17. The number of nitrogens with zero attached hydrogens (tertiary/aromatic N) is 5. The number of carbonyl (C=O) groups is 1. The Kier molecular flexibility index (Phi) is 4.26. The van der Waals surface area contributed by atoms with E-state index in [0.717, 1.165) is 26.6 Å². The van der Waals surface area contributed by atoms with Crippen LogP contribution in [0.1, 0.15) is 13.8 Å². The van der Waals surface area contributed by atoms with Gasteiger partial charge in [0.15, 0.2) is 0 Å². The van der Waals surface area contributed by atoms with Crippen molar-refractivity contribution in [1.29, 1.82) is 0 Å². The third kappa shape index (κ3) is 3.11. The average Bonchev–Trinajstić information content (AvgIpc) is 3.14. The van der Waals surface area contributed by atoms with E-state index in [4.69, 9.17) is 4.98 Å².